The van der Waals surface area contributed by atoms with Gasteiger partial charge in [0.2, 0.25) is 5.82 Å². The van der Waals surface area contributed by atoms with Gasteiger partial charge >= 0.3 is 0 Å². The fraction of sp³-hybridized carbons (Fsp3) is 0.333. The lowest BCUT2D eigenvalue weighted by Gasteiger charge is -2.09. The van der Waals surface area contributed by atoms with Crippen molar-refractivity contribution in [3.05, 3.63) is 34.6 Å². The average molecular weight is 295 g/mol. The Morgan fingerprint density at radius 1 is 0.900 bits per heavy atom. The molecular weight excluding hydrogens is 285 g/mol. The standard InChI is InChI=1S/C12H10F5NO2/c1-4(2)5(19)3-18-12(20)6-7(13)9(15)11(17)10(16)8(6)14/h4H,3H2,1-2H3,(H,18,20). The highest BCUT2D eigenvalue weighted by Gasteiger charge is 2.29. The van der Waals surface area contributed by atoms with Crippen LogP contribution in [0.2, 0.25) is 0 Å². The summed E-state index contributed by atoms with van der Waals surface area (Å²) in [6, 6.07) is 0. The van der Waals surface area contributed by atoms with E-state index in [-0.39, 0.29) is 0 Å². The lowest BCUT2D eigenvalue weighted by Crippen LogP contribution is -2.33. The highest BCUT2D eigenvalue weighted by Crippen LogP contribution is 2.22. The van der Waals surface area contributed by atoms with E-state index in [2.05, 4.69) is 0 Å². The highest BCUT2D eigenvalue weighted by molar-refractivity contribution is 5.97. The molecule has 0 radical (unpaired) electrons. The van der Waals surface area contributed by atoms with E-state index >= 15 is 0 Å². The number of hydrogen-bond donors (Lipinski definition) is 1. The summed E-state index contributed by atoms with van der Waals surface area (Å²) in [5.74, 6) is -13.7. The van der Waals surface area contributed by atoms with Gasteiger partial charge in [-0.05, 0) is 0 Å². The Morgan fingerprint density at radius 2 is 1.30 bits per heavy atom. The van der Waals surface area contributed by atoms with Gasteiger partial charge in [-0.2, -0.15) is 0 Å². The van der Waals surface area contributed by atoms with Crippen LogP contribution in [0.5, 0.6) is 0 Å². The van der Waals surface area contributed by atoms with E-state index < -0.39 is 58.8 Å². The molecule has 0 aliphatic carbocycles. The SMILES string of the molecule is CC(C)C(=O)CNC(=O)c1c(F)c(F)c(F)c(F)c1F. The van der Waals surface area contributed by atoms with Crippen molar-refractivity contribution < 1.29 is 31.5 Å². The number of rotatable bonds is 4. The number of benzene rings is 1. The molecule has 1 aromatic rings. The predicted octanol–water partition coefficient (Wildman–Crippen LogP) is 2.34. The third-order valence-electron chi connectivity index (χ3n) is 2.50. The first kappa shape index (κ1) is 16.1. The monoisotopic (exact) mass is 295 g/mol. The number of Topliss-reactive ketones (excluding diaryl/α,β-unsaturated/α-hetero) is 1. The van der Waals surface area contributed by atoms with Crippen LogP contribution in [0, 0.1) is 35.0 Å². The molecule has 0 atom stereocenters. The number of amides is 1. The Morgan fingerprint density at radius 3 is 1.70 bits per heavy atom. The molecule has 0 heterocycles. The van der Waals surface area contributed by atoms with Crippen LogP contribution < -0.4 is 5.32 Å². The molecule has 0 aliphatic rings. The van der Waals surface area contributed by atoms with E-state index in [9.17, 15) is 31.5 Å². The third-order valence-corrected chi connectivity index (χ3v) is 2.50. The summed E-state index contributed by atoms with van der Waals surface area (Å²) in [6.45, 7) is 2.47. The zero-order valence-electron chi connectivity index (χ0n) is 10.5. The second kappa shape index (κ2) is 5.98. The molecular formula is C12H10F5NO2. The molecule has 110 valence electrons. The van der Waals surface area contributed by atoms with Crippen molar-refractivity contribution in [2.75, 3.05) is 6.54 Å². The van der Waals surface area contributed by atoms with Crippen LogP contribution in [0.15, 0.2) is 0 Å². The minimum atomic E-state index is -2.35. The molecule has 8 heteroatoms. The summed E-state index contributed by atoms with van der Waals surface area (Å²) in [5, 5.41) is 1.81. The number of ketones is 1. The van der Waals surface area contributed by atoms with E-state index in [0.29, 0.717) is 0 Å². The molecule has 0 aliphatic heterocycles. The second-order valence-electron chi connectivity index (χ2n) is 4.25. The summed E-state index contributed by atoms with van der Waals surface area (Å²) in [7, 11) is 0. The van der Waals surface area contributed by atoms with Gasteiger partial charge in [0.05, 0.1) is 6.54 Å². The van der Waals surface area contributed by atoms with Crippen molar-refractivity contribution in [3.8, 4) is 0 Å². The molecule has 0 spiro atoms. The Hall–Kier alpha value is -1.99. The number of hydrogen-bond acceptors (Lipinski definition) is 2. The second-order valence-corrected chi connectivity index (χ2v) is 4.25. The van der Waals surface area contributed by atoms with Crippen molar-refractivity contribution in [2.45, 2.75) is 13.8 Å². The molecule has 3 nitrogen and oxygen atoms in total. The van der Waals surface area contributed by atoms with Crippen LogP contribution in [0.4, 0.5) is 22.0 Å². The Labute approximate surface area is 110 Å². The normalized spacial score (nSPS) is 10.8. The summed E-state index contributed by atoms with van der Waals surface area (Å²) >= 11 is 0. The molecule has 0 saturated carbocycles. The summed E-state index contributed by atoms with van der Waals surface area (Å²) in [6.07, 6.45) is 0. The van der Waals surface area contributed by atoms with Gasteiger partial charge < -0.3 is 5.32 Å². The minimum absolute atomic E-state index is 0.452. The zero-order valence-corrected chi connectivity index (χ0v) is 10.5. The van der Waals surface area contributed by atoms with E-state index in [0.717, 1.165) is 0 Å². The highest BCUT2D eigenvalue weighted by atomic mass is 19.2. The Balaban J connectivity index is 3.09. The van der Waals surface area contributed by atoms with Gasteiger partial charge in [-0.25, -0.2) is 22.0 Å². The summed E-state index contributed by atoms with van der Waals surface area (Å²) < 4.78 is 65.1. The molecule has 0 saturated heterocycles. The van der Waals surface area contributed by atoms with Gasteiger partial charge in [-0.15, -0.1) is 0 Å². The van der Waals surface area contributed by atoms with Crippen LogP contribution in [-0.4, -0.2) is 18.2 Å². The van der Waals surface area contributed by atoms with Crippen LogP contribution >= 0.6 is 0 Å². The van der Waals surface area contributed by atoms with Gasteiger partial charge in [0.15, 0.2) is 29.1 Å². The van der Waals surface area contributed by atoms with Crippen LogP contribution in [0.25, 0.3) is 0 Å². The molecule has 1 amide bonds. The first-order valence-electron chi connectivity index (χ1n) is 5.50. The fourth-order valence-corrected chi connectivity index (χ4v) is 1.26. The minimum Gasteiger partial charge on any atom is -0.345 e. The summed E-state index contributed by atoms with van der Waals surface area (Å²) in [5.41, 5.74) is -1.61. The van der Waals surface area contributed by atoms with Crippen molar-refractivity contribution in [1.29, 1.82) is 0 Å². The molecule has 0 aromatic heterocycles. The maximum atomic E-state index is 13.3. The van der Waals surface area contributed by atoms with Gasteiger partial charge in [0.1, 0.15) is 5.56 Å². The predicted molar refractivity (Wildman–Crippen MR) is 58.4 cm³/mol. The number of nitrogens with one attached hydrogen (secondary N) is 1. The zero-order chi connectivity index (χ0) is 15.6. The number of carbonyl (C=O) groups excluding carboxylic acids is 2. The van der Waals surface area contributed by atoms with Crippen LogP contribution in [0.1, 0.15) is 24.2 Å². The molecule has 20 heavy (non-hydrogen) atoms. The smallest absolute Gasteiger partial charge is 0.257 e. The van der Waals surface area contributed by atoms with Gasteiger partial charge in [0.25, 0.3) is 5.91 Å². The summed E-state index contributed by atoms with van der Waals surface area (Å²) in [4.78, 5) is 22.7. The van der Waals surface area contributed by atoms with Gasteiger partial charge in [0, 0.05) is 5.92 Å². The molecule has 0 fully saturated rings. The fourth-order valence-electron chi connectivity index (χ4n) is 1.26. The Bertz CT molecular complexity index is 542. The van der Waals surface area contributed by atoms with E-state index in [1.807, 2.05) is 5.32 Å². The average Bonchev–Trinajstić information content (AvgIpc) is 2.40. The van der Waals surface area contributed by atoms with Crippen LogP contribution in [-0.2, 0) is 4.79 Å². The quantitative estimate of drug-likeness (QED) is 0.526. The van der Waals surface area contributed by atoms with Crippen molar-refractivity contribution >= 4 is 11.7 Å². The van der Waals surface area contributed by atoms with Crippen molar-refractivity contribution in [2.24, 2.45) is 5.92 Å². The lowest BCUT2D eigenvalue weighted by atomic mass is 10.1. The molecule has 1 aromatic carbocycles. The first-order valence-corrected chi connectivity index (χ1v) is 5.50. The third kappa shape index (κ3) is 2.94. The molecule has 1 N–H and O–H groups in total. The molecule has 0 bridgehead atoms. The maximum absolute atomic E-state index is 13.3. The molecule has 1 rings (SSSR count). The van der Waals surface area contributed by atoms with Crippen molar-refractivity contribution in [1.82, 2.24) is 5.32 Å². The number of carbonyl (C=O) groups is 2. The van der Waals surface area contributed by atoms with Gasteiger partial charge in [-0.3, -0.25) is 9.59 Å². The van der Waals surface area contributed by atoms with Crippen molar-refractivity contribution in [3.63, 3.8) is 0 Å². The largest absolute Gasteiger partial charge is 0.345 e. The maximum Gasteiger partial charge on any atom is 0.257 e. The topological polar surface area (TPSA) is 46.2 Å². The lowest BCUT2D eigenvalue weighted by molar-refractivity contribution is -0.120. The van der Waals surface area contributed by atoms with E-state index in [4.69, 9.17) is 0 Å². The van der Waals surface area contributed by atoms with E-state index in [1.165, 1.54) is 13.8 Å². The molecule has 0 unspecified atom stereocenters. The Kier molecular flexibility index (Phi) is 4.80. The number of halogens is 5. The van der Waals surface area contributed by atoms with Gasteiger partial charge in [-0.1, -0.05) is 13.8 Å². The van der Waals surface area contributed by atoms with E-state index in [1.54, 1.807) is 0 Å². The van der Waals surface area contributed by atoms with Crippen LogP contribution in [0.3, 0.4) is 0 Å². The first-order chi connectivity index (χ1) is 9.18.